The van der Waals surface area contributed by atoms with Gasteiger partial charge in [0.05, 0.1) is 5.60 Å². The molecular weight excluding hydrogens is 360 g/mol. The molecule has 2 aromatic rings. The van der Waals surface area contributed by atoms with Gasteiger partial charge in [-0.3, -0.25) is 0 Å². The number of rotatable bonds is 7. The van der Waals surface area contributed by atoms with E-state index in [1.807, 2.05) is 18.2 Å². The zero-order chi connectivity index (χ0) is 19.9. The molecule has 2 fully saturated rings. The molecule has 1 aliphatic heterocycles. The van der Waals surface area contributed by atoms with Crippen molar-refractivity contribution in [2.75, 3.05) is 32.7 Å². The van der Waals surface area contributed by atoms with E-state index in [0.29, 0.717) is 6.61 Å². The third-order valence-corrected chi connectivity index (χ3v) is 6.55. The maximum atomic E-state index is 11.6. The van der Waals surface area contributed by atoms with Gasteiger partial charge in [-0.05, 0) is 36.1 Å². The second-order valence-electron chi connectivity index (χ2n) is 8.61. The van der Waals surface area contributed by atoms with Crippen LogP contribution in [0.1, 0.15) is 49.1 Å². The Balaban J connectivity index is 1.47. The van der Waals surface area contributed by atoms with E-state index in [9.17, 15) is 5.11 Å². The highest BCUT2D eigenvalue weighted by molar-refractivity contribution is 5.32. The number of hydrogen-bond donors (Lipinski definition) is 2. The summed E-state index contributed by atoms with van der Waals surface area (Å²) >= 11 is 0. The van der Waals surface area contributed by atoms with Crippen LogP contribution in [0.25, 0.3) is 0 Å². The van der Waals surface area contributed by atoms with Gasteiger partial charge in [0.15, 0.2) is 0 Å². The summed E-state index contributed by atoms with van der Waals surface area (Å²) in [7, 11) is 0. The van der Waals surface area contributed by atoms with Crippen molar-refractivity contribution in [3.63, 3.8) is 0 Å². The van der Waals surface area contributed by atoms with Gasteiger partial charge in [-0.15, -0.1) is 0 Å². The molecule has 1 atom stereocenters. The molecule has 0 radical (unpaired) electrons. The molecule has 1 saturated carbocycles. The summed E-state index contributed by atoms with van der Waals surface area (Å²) in [6.07, 6.45) is 5.33. The van der Waals surface area contributed by atoms with Crippen molar-refractivity contribution < 1.29 is 9.84 Å². The summed E-state index contributed by atoms with van der Waals surface area (Å²) < 4.78 is 5.97. The number of piperazine rings is 1. The predicted octanol–water partition coefficient (Wildman–Crippen LogP) is 3.95. The first-order valence-corrected chi connectivity index (χ1v) is 11.2. The van der Waals surface area contributed by atoms with Crippen molar-refractivity contribution in [3.8, 4) is 5.75 Å². The smallest absolute Gasteiger partial charge is 0.119 e. The molecule has 0 spiro atoms. The number of nitrogens with zero attached hydrogens (tertiary/aromatic N) is 1. The van der Waals surface area contributed by atoms with Crippen LogP contribution in [0.5, 0.6) is 5.75 Å². The lowest BCUT2D eigenvalue weighted by Gasteiger charge is -2.42. The lowest BCUT2D eigenvalue weighted by atomic mass is 9.72. The van der Waals surface area contributed by atoms with Gasteiger partial charge < -0.3 is 20.1 Å². The molecule has 0 bridgehead atoms. The van der Waals surface area contributed by atoms with Gasteiger partial charge in [0.25, 0.3) is 0 Å². The highest BCUT2D eigenvalue weighted by Crippen LogP contribution is 2.41. The van der Waals surface area contributed by atoms with Crippen LogP contribution in [0.4, 0.5) is 0 Å². The molecule has 1 saturated heterocycles. The quantitative estimate of drug-likeness (QED) is 0.746. The van der Waals surface area contributed by atoms with Crippen LogP contribution in [0.3, 0.4) is 0 Å². The summed E-state index contributed by atoms with van der Waals surface area (Å²) in [4.78, 5) is 2.51. The third-order valence-electron chi connectivity index (χ3n) is 6.55. The fraction of sp³-hybridized carbons (Fsp3) is 0.520. The maximum absolute atomic E-state index is 11.6. The van der Waals surface area contributed by atoms with Gasteiger partial charge in [-0.2, -0.15) is 0 Å². The summed E-state index contributed by atoms with van der Waals surface area (Å²) in [6.45, 7) is 5.71. The fourth-order valence-corrected chi connectivity index (χ4v) is 4.79. The minimum Gasteiger partial charge on any atom is -0.489 e. The first kappa shape index (κ1) is 20.4. The number of ether oxygens (including phenoxy) is 1. The molecule has 1 aliphatic carbocycles. The number of aliphatic hydroxyl groups is 1. The minimum absolute atomic E-state index is 0.157. The molecular formula is C25H34N2O2. The molecule has 0 unspecified atom stereocenters. The van der Waals surface area contributed by atoms with Crippen molar-refractivity contribution in [3.05, 3.63) is 65.7 Å². The van der Waals surface area contributed by atoms with Gasteiger partial charge >= 0.3 is 0 Å². The lowest BCUT2D eigenvalue weighted by Crippen LogP contribution is -2.49. The summed E-state index contributed by atoms with van der Waals surface area (Å²) in [5.41, 5.74) is 1.82. The van der Waals surface area contributed by atoms with Crippen LogP contribution < -0.4 is 10.1 Å². The Morgan fingerprint density at radius 2 is 1.62 bits per heavy atom. The Morgan fingerprint density at radius 1 is 0.931 bits per heavy atom. The van der Waals surface area contributed by atoms with E-state index < -0.39 is 5.60 Å². The molecule has 4 rings (SSSR count). The standard InChI is InChI=1S/C25H34N2O2/c28-25(13-5-2-6-14-25)24(19-27-17-15-26-16-18-27)22-9-11-23(12-10-22)29-20-21-7-3-1-4-8-21/h1,3-4,7-12,24,26,28H,2,5-6,13-20H2/t24-/m0/s1. The van der Waals surface area contributed by atoms with Gasteiger partial charge in [0.1, 0.15) is 12.4 Å². The van der Waals surface area contributed by atoms with Crippen LogP contribution >= 0.6 is 0 Å². The Hall–Kier alpha value is -1.88. The summed E-state index contributed by atoms with van der Waals surface area (Å²) in [6, 6.07) is 18.7. The Bertz CT molecular complexity index is 735. The normalized spacial score (nSPS) is 20.9. The zero-order valence-corrected chi connectivity index (χ0v) is 17.4. The molecule has 1 heterocycles. The number of hydrogen-bond acceptors (Lipinski definition) is 4. The van der Waals surface area contributed by atoms with Crippen LogP contribution in [0.2, 0.25) is 0 Å². The van der Waals surface area contributed by atoms with Crippen molar-refractivity contribution in [2.45, 2.75) is 50.2 Å². The number of benzene rings is 2. The van der Waals surface area contributed by atoms with E-state index in [-0.39, 0.29) is 5.92 Å². The molecule has 0 amide bonds. The van der Waals surface area contributed by atoms with Crippen LogP contribution in [-0.4, -0.2) is 48.3 Å². The molecule has 2 N–H and O–H groups in total. The first-order valence-electron chi connectivity index (χ1n) is 11.2. The highest BCUT2D eigenvalue weighted by atomic mass is 16.5. The first-order chi connectivity index (χ1) is 14.2. The average molecular weight is 395 g/mol. The number of nitrogens with one attached hydrogen (secondary N) is 1. The molecule has 4 nitrogen and oxygen atoms in total. The SMILES string of the molecule is OC1([C@@H](CN2CCNCC2)c2ccc(OCc3ccccc3)cc2)CCCCC1. The third kappa shape index (κ3) is 5.39. The molecule has 0 aromatic heterocycles. The topological polar surface area (TPSA) is 44.7 Å². The Labute approximate surface area is 174 Å². The summed E-state index contributed by atoms with van der Waals surface area (Å²) in [5, 5.41) is 15.0. The van der Waals surface area contributed by atoms with Crippen molar-refractivity contribution in [2.24, 2.45) is 0 Å². The van der Waals surface area contributed by atoms with Gasteiger partial charge in [0.2, 0.25) is 0 Å². The second kappa shape index (κ2) is 9.75. The Kier molecular flexibility index (Phi) is 6.86. The Morgan fingerprint density at radius 3 is 2.31 bits per heavy atom. The predicted molar refractivity (Wildman–Crippen MR) is 117 cm³/mol. The van der Waals surface area contributed by atoms with E-state index in [4.69, 9.17) is 4.74 Å². The van der Waals surface area contributed by atoms with E-state index in [1.54, 1.807) is 0 Å². The highest BCUT2D eigenvalue weighted by Gasteiger charge is 2.39. The van der Waals surface area contributed by atoms with Crippen molar-refractivity contribution in [1.29, 1.82) is 0 Å². The lowest BCUT2D eigenvalue weighted by molar-refractivity contribution is -0.0316. The van der Waals surface area contributed by atoms with E-state index >= 15 is 0 Å². The van der Waals surface area contributed by atoms with Crippen molar-refractivity contribution in [1.82, 2.24) is 10.2 Å². The van der Waals surface area contributed by atoms with Gasteiger partial charge in [0, 0.05) is 38.6 Å². The van der Waals surface area contributed by atoms with Crippen LogP contribution in [0.15, 0.2) is 54.6 Å². The summed E-state index contributed by atoms with van der Waals surface area (Å²) in [5.74, 6) is 1.04. The maximum Gasteiger partial charge on any atom is 0.119 e. The monoisotopic (exact) mass is 394 g/mol. The molecule has 156 valence electrons. The van der Waals surface area contributed by atoms with E-state index in [1.165, 1.54) is 17.5 Å². The zero-order valence-electron chi connectivity index (χ0n) is 17.4. The average Bonchev–Trinajstić information content (AvgIpc) is 2.78. The molecule has 2 aliphatic rings. The van der Waals surface area contributed by atoms with E-state index in [2.05, 4.69) is 46.6 Å². The van der Waals surface area contributed by atoms with Crippen molar-refractivity contribution >= 4 is 0 Å². The second-order valence-corrected chi connectivity index (χ2v) is 8.61. The largest absolute Gasteiger partial charge is 0.489 e. The van der Waals surface area contributed by atoms with Gasteiger partial charge in [-0.25, -0.2) is 0 Å². The van der Waals surface area contributed by atoms with Gasteiger partial charge in [-0.1, -0.05) is 61.7 Å². The van der Waals surface area contributed by atoms with E-state index in [0.717, 1.165) is 64.2 Å². The molecule has 29 heavy (non-hydrogen) atoms. The molecule has 2 aromatic carbocycles. The minimum atomic E-state index is -0.588. The van der Waals surface area contributed by atoms with Crippen LogP contribution in [-0.2, 0) is 6.61 Å². The van der Waals surface area contributed by atoms with Crippen LogP contribution in [0, 0.1) is 0 Å². The fourth-order valence-electron chi connectivity index (χ4n) is 4.79. The molecule has 4 heteroatoms.